The molecule has 5 heteroatoms. The van der Waals surface area contributed by atoms with Gasteiger partial charge in [-0.2, -0.15) is 0 Å². The van der Waals surface area contributed by atoms with Gasteiger partial charge in [-0.15, -0.1) is 0 Å². The smallest absolute Gasteiger partial charge is 0.268 e. The highest BCUT2D eigenvalue weighted by molar-refractivity contribution is 14.1. The first-order chi connectivity index (χ1) is 11.6. The molecule has 0 radical (unpaired) electrons. The summed E-state index contributed by atoms with van der Waals surface area (Å²) >= 11 is 3.69. The second kappa shape index (κ2) is 7.98. The molecular weight excluding hydrogens is 431 g/mol. The molecule has 2 aromatic carbocycles. The summed E-state index contributed by atoms with van der Waals surface area (Å²) in [5.74, 6) is 0.794. The zero-order valence-electron chi connectivity index (χ0n) is 13.3. The largest absolute Gasteiger partial charge is 0.282 e. The Bertz CT molecular complexity index is 879. The molecule has 0 fully saturated rings. The van der Waals surface area contributed by atoms with E-state index in [2.05, 4.69) is 39.7 Å². The van der Waals surface area contributed by atoms with E-state index in [0.29, 0.717) is 10.1 Å². The van der Waals surface area contributed by atoms with Crippen LogP contribution in [-0.2, 0) is 12.3 Å². The molecule has 122 valence electrons. The molecule has 0 amide bonds. The number of benzene rings is 2. The van der Waals surface area contributed by atoms with Crippen LogP contribution in [0, 0.1) is 10.5 Å². The van der Waals surface area contributed by atoms with E-state index >= 15 is 0 Å². The van der Waals surface area contributed by atoms with Crippen LogP contribution in [0.4, 0.5) is 0 Å². The first-order valence-electron chi connectivity index (χ1n) is 7.63. The quantitative estimate of drug-likeness (QED) is 0.328. The zero-order chi connectivity index (χ0) is 16.9. The lowest BCUT2D eigenvalue weighted by molar-refractivity contribution is 0.632. The summed E-state index contributed by atoms with van der Waals surface area (Å²) in [6.45, 7) is 2.43. The van der Waals surface area contributed by atoms with Crippen LogP contribution in [0.3, 0.4) is 0 Å². The van der Waals surface area contributed by atoms with Gasteiger partial charge in [0.25, 0.3) is 5.56 Å². The Labute approximate surface area is 159 Å². The fraction of sp³-hybridized carbons (Fsp3) is 0.158. The Morgan fingerprint density at radius 3 is 2.21 bits per heavy atom. The normalized spacial score (nSPS) is 10.8. The molecule has 0 bridgehead atoms. The zero-order valence-corrected chi connectivity index (χ0v) is 16.3. The monoisotopic (exact) mass is 448 g/mol. The van der Waals surface area contributed by atoms with Crippen molar-refractivity contribution < 1.29 is 0 Å². The number of aromatic nitrogens is 2. The van der Waals surface area contributed by atoms with Crippen molar-refractivity contribution in [2.24, 2.45) is 0 Å². The SMILES string of the molecule is Cc1nc(SCc2ccccc2)n(Cc2ccccc2)c(=O)c1I. The molecule has 1 heterocycles. The number of aryl methyl sites for hydroxylation is 1. The lowest BCUT2D eigenvalue weighted by Gasteiger charge is -2.13. The first kappa shape index (κ1) is 17.2. The maximum Gasteiger partial charge on any atom is 0.268 e. The van der Waals surface area contributed by atoms with Gasteiger partial charge in [-0.3, -0.25) is 9.36 Å². The van der Waals surface area contributed by atoms with Gasteiger partial charge in [-0.1, -0.05) is 72.4 Å². The van der Waals surface area contributed by atoms with E-state index in [9.17, 15) is 4.79 Å². The first-order valence-corrected chi connectivity index (χ1v) is 9.69. The fourth-order valence-corrected chi connectivity index (χ4v) is 3.76. The topological polar surface area (TPSA) is 34.9 Å². The fourth-order valence-electron chi connectivity index (χ4n) is 2.35. The number of nitrogens with zero attached hydrogens (tertiary/aromatic N) is 2. The summed E-state index contributed by atoms with van der Waals surface area (Å²) in [6.07, 6.45) is 0. The van der Waals surface area contributed by atoms with Gasteiger partial charge in [0.1, 0.15) is 0 Å². The van der Waals surface area contributed by atoms with Crippen molar-refractivity contribution in [1.82, 2.24) is 9.55 Å². The van der Waals surface area contributed by atoms with Gasteiger partial charge in [0, 0.05) is 5.75 Å². The Morgan fingerprint density at radius 1 is 1.00 bits per heavy atom. The van der Waals surface area contributed by atoms with Crippen LogP contribution in [0.15, 0.2) is 70.6 Å². The maximum atomic E-state index is 12.7. The van der Waals surface area contributed by atoms with E-state index in [1.807, 2.05) is 55.5 Å². The van der Waals surface area contributed by atoms with E-state index in [1.165, 1.54) is 5.56 Å². The molecular formula is C19H17IN2OS. The third-order valence-electron chi connectivity index (χ3n) is 3.64. The van der Waals surface area contributed by atoms with E-state index in [1.54, 1.807) is 16.3 Å². The third-order valence-corrected chi connectivity index (χ3v) is 5.93. The summed E-state index contributed by atoms with van der Waals surface area (Å²) in [6, 6.07) is 20.3. The predicted octanol–water partition coefficient (Wildman–Crippen LogP) is 4.50. The second-order valence-corrected chi connectivity index (χ2v) is 7.47. The molecule has 0 unspecified atom stereocenters. The summed E-state index contributed by atoms with van der Waals surface area (Å²) in [5.41, 5.74) is 3.14. The number of thioether (sulfide) groups is 1. The minimum absolute atomic E-state index is 0.0301. The van der Waals surface area contributed by atoms with Crippen LogP contribution in [0.5, 0.6) is 0 Å². The Balaban J connectivity index is 1.93. The Morgan fingerprint density at radius 2 is 1.58 bits per heavy atom. The third kappa shape index (κ3) is 4.08. The van der Waals surface area contributed by atoms with Crippen molar-refractivity contribution in [3.8, 4) is 0 Å². The van der Waals surface area contributed by atoms with Crippen molar-refractivity contribution in [2.75, 3.05) is 0 Å². The van der Waals surface area contributed by atoms with Gasteiger partial charge < -0.3 is 0 Å². The molecule has 0 atom stereocenters. The highest BCUT2D eigenvalue weighted by Crippen LogP contribution is 2.22. The molecule has 0 saturated heterocycles. The maximum absolute atomic E-state index is 12.7. The Kier molecular flexibility index (Phi) is 5.73. The average molecular weight is 448 g/mol. The molecule has 0 saturated carbocycles. The molecule has 0 N–H and O–H groups in total. The molecule has 0 spiro atoms. The van der Waals surface area contributed by atoms with Crippen LogP contribution in [-0.4, -0.2) is 9.55 Å². The molecule has 0 aliphatic carbocycles. The van der Waals surface area contributed by atoms with Crippen molar-refractivity contribution in [3.05, 3.63) is 91.4 Å². The number of hydrogen-bond donors (Lipinski definition) is 0. The van der Waals surface area contributed by atoms with Crippen LogP contribution in [0.25, 0.3) is 0 Å². The molecule has 3 aromatic rings. The summed E-state index contributed by atoms with van der Waals surface area (Å²) in [4.78, 5) is 17.4. The molecule has 3 nitrogen and oxygen atoms in total. The van der Waals surface area contributed by atoms with Crippen LogP contribution in [0.2, 0.25) is 0 Å². The van der Waals surface area contributed by atoms with Crippen LogP contribution < -0.4 is 5.56 Å². The van der Waals surface area contributed by atoms with Gasteiger partial charge in [-0.05, 0) is 40.6 Å². The van der Waals surface area contributed by atoms with E-state index < -0.39 is 0 Å². The van der Waals surface area contributed by atoms with Crippen molar-refractivity contribution in [3.63, 3.8) is 0 Å². The highest BCUT2D eigenvalue weighted by Gasteiger charge is 2.13. The molecule has 0 aliphatic rings. The molecule has 3 rings (SSSR count). The number of rotatable bonds is 5. The average Bonchev–Trinajstić information content (AvgIpc) is 2.62. The molecule has 1 aromatic heterocycles. The summed E-state index contributed by atoms with van der Waals surface area (Å²) in [7, 11) is 0. The lowest BCUT2D eigenvalue weighted by atomic mass is 10.2. The minimum atomic E-state index is 0.0301. The minimum Gasteiger partial charge on any atom is -0.282 e. The van der Waals surface area contributed by atoms with Gasteiger partial charge in [-0.25, -0.2) is 4.98 Å². The lowest BCUT2D eigenvalue weighted by Crippen LogP contribution is -2.27. The predicted molar refractivity (Wildman–Crippen MR) is 107 cm³/mol. The van der Waals surface area contributed by atoms with Gasteiger partial charge in [0.2, 0.25) is 0 Å². The summed E-state index contributed by atoms with van der Waals surface area (Å²) in [5, 5.41) is 0.769. The highest BCUT2D eigenvalue weighted by atomic mass is 127. The van der Waals surface area contributed by atoms with Gasteiger partial charge >= 0.3 is 0 Å². The molecule has 24 heavy (non-hydrogen) atoms. The van der Waals surface area contributed by atoms with E-state index in [-0.39, 0.29) is 5.56 Å². The second-order valence-electron chi connectivity index (χ2n) is 5.44. The molecule has 0 aliphatic heterocycles. The van der Waals surface area contributed by atoms with Crippen molar-refractivity contribution in [1.29, 1.82) is 0 Å². The number of hydrogen-bond acceptors (Lipinski definition) is 3. The summed E-state index contributed by atoms with van der Waals surface area (Å²) < 4.78 is 2.46. The van der Waals surface area contributed by atoms with Gasteiger partial charge in [0.15, 0.2) is 5.16 Å². The van der Waals surface area contributed by atoms with Crippen molar-refractivity contribution >= 4 is 34.4 Å². The van der Waals surface area contributed by atoms with Gasteiger partial charge in [0.05, 0.1) is 15.8 Å². The van der Waals surface area contributed by atoms with Crippen LogP contribution in [0.1, 0.15) is 16.8 Å². The Hall–Kier alpha value is -1.60. The van der Waals surface area contributed by atoms with E-state index in [0.717, 1.165) is 22.2 Å². The number of halogens is 1. The van der Waals surface area contributed by atoms with E-state index in [4.69, 9.17) is 0 Å². The standard InChI is InChI=1S/C19H17IN2OS/c1-14-17(20)18(23)22(12-15-8-4-2-5-9-15)19(21-14)24-13-16-10-6-3-7-11-16/h2-11H,12-13H2,1H3. The van der Waals surface area contributed by atoms with Crippen LogP contribution >= 0.6 is 34.4 Å². The van der Waals surface area contributed by atoms with Crippen molar-refractivity contribution in [2.45, 2.75) is 24.4 Å².